The van der Waals surface area contributed by atoms with Gasteiger partial charge in [0.05, 0.1) is 6.20 Å². The molecule has 1 aliphatic rings. The fourth-order valence-corrected chi connectivity index (χ4v) is 3.40. The molecule has 3 N–H and O–H groups in total. The lowest BCUT2D eigenvalue weighted by Gasteiger charge is -2.26. The van der Waals surface area contributed by atoms with E-state index in [0.717, 1.165) is 31.9 Å². The predicted octanol–water partition coefficient (Wildman–Crippen LogP) is 2.51. The van der Waals surface area contributed by atoms with Crippen molar-refractivity contribution in [1.82, 2.24) is 19.5 Å². The number of hydrogen-bond donors (Lipinski definition) is 2. The second-order valence-electron chi connectivity index (χ2n) is 6.96. The molecule has 3 heterocycles. The highest BCUT2D eigenvalue weighted by molar-refractivity contribution is 5.62. The van der Waals surface area contributed by atoms with E-state index in [1.54, 1.807) is 30.5 Å². The highest BCUT2D eigenvalue weighted by atomic mass is 19.1. The molecule has 1 fully saturated rings. The summed E-state index contributed by atoms with van der Waals surface area (Å²) < 4.78 is 15.8. The molecule has 0 aromatic carbocycles. The summed E-state index contributed by atoms with van der Waals surface area (Å²) in [4.78, 5) is 24.7. The van der Waals surface area contributed by atoms with Crippen molar-refractivity contribution in [3.63, 3.8) is 0 Å². The van der Waals surface area contributed by atoms with Crippen LogP contribution in [-0.4, -0.2) is 31.6 Å². The SMILES string of the molecule is NC1CCC(Nc2ncc(F)c(-c3ccnc(-n4ccccc4=O)c3)n2)CC1. The minimum Gasteiger partial charge on any atom is -0.351 e. The quantitative estimate of drug-likeness (QED) is 0.722. The Balaban J connectivity index is 1.63. The first-order chi connectivity index (χ1) is 13.6. The Labute approximate surface area is 161 Å². The van der Waals surface area contributed by atoms with Crippen molar-refractivity contribution in [2.45, 2.75) is 37.8 Å². The van der Waals surface area contributed by atoms with Crippen LogP contribution in [0, 0.1) is 5.82 Å². The lowest BCUT2D eigenvalue weighted by Crippen LogP contribution is -2.33. The Hall–Kier alpha value is -3.13. The zero-order chi connectivity index (χ0) is 19.5. The van der Waals surface area contributed by atoms with Gasteiger partial charge in [-0.3, -0.25) is 9.36 Å². The normalized spacial score (nSPS) is 19.4. The molecular weight excluding hydrogens is 359 g/mol. The van der Waals surface area contributed by atoms with E-state index in [0.29, 0.717) is 17.3 Å². The molecule has 0 bridgehead atoms. The average Bonchev–Trinajstić information content (AvgIpc) is 2.71. The molecule has 3 aromatic rings. The van der Waals surface area contributed by atoms with E-state index in [4.69, 9.17) is 5.73 Å². The molecule has 0 aliphatic heterocycles. The molecule has 0 atom stereocenters. The van der Waals surface area contributed by atoms with Gasteiger partial charge in [-0.15, -0.1) is 0 Å². The molecule has 0 unspecified atom stereocenters. The second-order valence-corrected chi connectivity index (χ2v) is 6.96. The smallest absolute Gasteiger partial charge is 0.256 e. The van der Waals surface area contributed by atoms with Crippen molar-refractivity contribution >= 4 is 5.95 Å². The Kier molecular flexibility index (Phi) is 5.12. The minimum atomic E-state index is -0.534. The van der Waals surface area contributed by atoms with Crippen LogP contribution < -0.4 is 16.6 Å². The summed E-state index contributed by atoms with van der Waals surface area (Å²) >= 11 is 0. The summed E-state index contributed by atoms with van der Waals surface area (Å²) in [6.07, 6.45) is 8.08. The van der Waals surface area contributed by atoms with Gasteiger partial charge in [0.25, 0.3) is 5.56 Å². The Morgan fingerprint density at radius 3 is 2.75 bits per heavy atom. The van der Waals surface area contributed by atoms with E-state index in [-0.39, 0.29) is 23.3 Å². The van der Waals surface area contributed by atoms with E-state index in [1.807, 2.05) is 0 Å². The van der Waals surface area contributed by atoms with Gasteiger partial charge >= 0.3 is 0 Å². The summed E-state index contributed by atoms with van der Waals surface area (Å²) in [5.41, 5.74) is 6.42. The number of nitrogens with two attached hydrogens (primary N) is 1. The third-order valence-corrected chi connectivity index (χ3v) is 4.94. The van der Waals surface area contributed by atoms with Crippen molar-refractivity contribution in [2.75, 3.05) is 5.32 Å². The van der Waals surface area contributed by atoms with Gasteiger partial charge < -0.3 is 11.1 Å². The third-order valence-electron chi connectivity index (χ3n) is 4.94. The van der Waals surface area contributed by atoms with E-state index < -0.39 is 5.82 Å². The fourth-order valence-electron chi connectivity index (χ4n) is 3.40. The lowest BCUT2D eigenvalue weighted by molar-refractivity contribution is 0.409. The predicted molar refractivity (Wildman–Crippen MR) is 105 cm³/mol. The number of pyridine rings is 2. The van der Waals surface area contributed by atoms with Gasteiger partial charge in [-0.05, 0) is 43.9 Å². The molecule has 144 valence electrons. The molecular formula is C20H21FN6O. The molecule has 8 heteroatoms. The maximum absolute atomic E-state index is 14.4. The molecule has 4 rings (SSSR count). The number of anilines is 1. The summed E-state index contributed by atoms with van der Waals surface area (Å²) in [5, 5.41) is 3.28. The molecule has 28 heavy (non-hydrogen) atoms. The highest BCUT2D eigenvalue weighted by Gasteiger charge is 2.20. The summed E-state index contributed by atoms with van der Waals surface area (Å²) in [6.45, 7) is 0. The fraction of sp³-hybridized carbons (Fsp3) is 0.300. The van der Waals surface area contributed by atoms with Crippen LogP contribution in [0.4, 0.5) is 10.3 Å². The van der Waals surface area contributed by atoms with Gasteiger partial charge in [-0.25, -0.2) is 19.3 Å². The van der Waals surface area contributed by atoms with Gasteiger partial charge in [0.1, 0.15) is 11.5 Å². The first-order valence-corrected chi connectivity index (χ1v) is 9.29. The number of halogens is 1. The van der Waals surface area contributed by atoms with Crippen LogP contribution >= 0.6 is 0 Å². The summed E-state index contributed by atoms with van der Waals surface area (Å²) in [6, 6.07) is 8.61. The average molecular weight is 380 g/mol. The molecule has 1 saturated carbocycles. The van der Waals surface area contributed by atoms with Crippen molar-refractivity contribution < 1.29 is 4.39 Å². The number of aromatic nitrogens is 4. The zero-order valence-corrected chi connectivity index (χ0v) is 15.3. The largest absolute Gasteiger partial charge is 0.351 e. The van der Waals surface area contributed by atoms with E-state index in [9.17, 15) is 9.18 Å². The van der Waals surface area contributed by atoms with Crippen LogP contribution in [0.15, 0.2) is 53.7 Å². The Bertz CT molecular complexity index is 1030. The van der Waals surface area contributed by atoms with Crippen molar-refractivity contribution in [3.8, 4) is 17.1 Å². The van der Waals surface area contributed by atoms with Crippen LogP contribution in [0.2, 0.25) is 0 Å². The second kappa shape index (κ2) is 7.85. The van der Waals surface area contributed by atoms with Gasteiger partial charge in [0, 0.05) is 36.1 Å². The van der Waals surface area contributed by atoms with Crippen LogP contribution in [0.3, 0.4) is 0 Å². The van der Waals surface area contributed by atoms with E-state index >= 15 is 0 Å². The van der Waals surface area contributed by atoms with Crippen molar-refractivity contribution in [2.24, 2.45) is 5.73 Å². The molecule has 3 aromatic heterocycles. The monoisotopic (exact) mass is 380 g/mol. The molecule has 0 saturated heterocycles. The summed E-state index contributed by atoms with van der Waals surface area (Å²) in [5.74, 6) is 0.248. The molecule has 1 aliphatic carbocycles. The van der Waals surface area contributed by atoms with Crippen molar-refractivity contribution in [3.05, 3.63) is 65.1 Å². The highest BCUT2D eigenvalue weighted by Crippen LogP contribution is 2.24. The van der Waals surface area contributed by atoms with E-state index in [1.165, 1.54) is 16.8 Å². The maximum atomic E-state index is 14.4. The van der Waals surface area contributed by atoms with Gasteiger partial charge in [0.2, 0.25) is 5.95 Å². The Morgan fingerprint density at radius 1 is 1.14 bits per heavy atom. The van der Waals surface area contributed by atoms with Crippen LogP contribution in [0.5, 0.6) is 0 Å². The number of rotatable bonds is 4. The molecule has 7 nitrogen and oxygen atoms in total. The number of nitrogens with zero attached hydrogens (tertiary/aromatic N) is 4. The topological polar surface area (TPSA) is 98.7 Å². The summed E-state index contributed by atoms with van der Waals surface area (Å²) in [7, 11) is 0. The van der Waals surface area contributed by atoms with Gasteiger partial charge in [0.15, 0.2) is 5.82 Å². The van der Waals surface area contributed by atoms with E-state index in [2.05, 4.69) is 20.3 Å². The van der Waals surface area contributed by atoms with Crippen LogP contribution in [0.25, 0.3) is 17.1 Å². The van der Waals surface area contributed by atoms with Gasteiger partial charge in [-0.2, -0.15) is 0 Å². The standard InChI is InChI=1S/C20H21FN6O/c21-16-12-24-20(25-15-6-4-14(22)5-7-15)26-19(16)13-8-9-23-17(11-13)27-10-2-1-3-18(27)28/h1-3,8-12,14-15H,4-7,22H2,(H,24,25,26). The Morgan fingerprint density at radius 2 is 1.96 bits per heavy atom. The number of hydrogen-bond acceptors (Lipinski definition) is 6. The molecule has 0 amide bonds. The first kappa shape index (κ1) is 18.2. The number of nitrogens with one attached hydrogen (secondary N) is 1. The molecule has 0 radical (unpaired) electrons. The van der Waals surface area contributed by atoms with Crippen LogP contribution in [-0.2, 0) is 0 Å². The third kappa shape index (κ3) is 3.91. The maximum Gasteiger partial charge on any atom is 0.256 e. The van der Waals surface area contributed by atoms with Gasteiger partial charge in [-0.1, -0.05) is 6.07 Å². The minimum absolute atomic E-state index is 0.164. The molecule has 0 spiro atoms. The van der Waals surface area contributed by atoms with Crippen LogP contribution in [0.1, 0.15) is 25.7 Å². The lowest BCUT2D eigenvalue weighted by atomic mass is 9.92. The zero-order valence-electron chi connectivity index (χ0n) is 15.3. The first-order valence-electron chi connectivity index (χ1n) is 9.29. The van der Waals surface area contributed by atoms with Crippen molar-refractivity contribution in [1.29, 1.82) is 0 Å².